The summed E-state index contributed by atoms with van der Waals surface area (Å²) in [5, 5.41) is 7.01. The van der Waals surface area contributed by atoms with Crippen molar-refractivity contribution in [3.8, 4) is 0 Å². The summed E-state index contributed by atoms with van der Waals surface area (Å²) in [5.74, 6) is -1.43. The van der Waals surface area contributed by atoms with Gasteiger partial charge in [-0.05, 0) is 55.0 Å². The molecule has 0 amide bonds. The number of benzene rings is 2. The average molecular weight is 337 g/mol. The highest BCUT2D eigenvalue weighted by Gasteiger charge is 2.07. The van der Waals surface area contributed by atoms with E-state index in [0.29, 0.717) is 6.54 Å². The molecule has 2 rings (SSSR count). The van der Waals surface area contributed by atoms with Gasteiger partial charge in [0.2, 0.25) is 0 Å². The molecule has 0 aliphatic carbocycles. The first-order valence-electron chi connectivity index (χ1n) is 6.73. The number of hydrogen-bond acceptors (Lipinski definition) is 2. The number of rotatable bonds is 4. The maximum absolute atomic E-state index is 13.6. The van der Waals surface area contributed by atoms with Gasteiger partial charge in [-0.2, -0.15) is 5.10 Å². The molecular weight excluding hydrogens is 323 g/mol. The largest absolute Gasteiger partial charge is 0.357 e. The molecule has 0 unspecified atom stereocenters. The maximum atomic E-state index is 13.6. The Morgan fingerprint density at radius 3 is 2.39 bits per heavy atom. The van der Waals surface area contributed by atoms with Crippen LogP contribution in [0.25, 0.3) is 0 Å². The van der Waals surface area contributed by atoms with Crippen LogP contribution in [0.15, 0.2) is 47.6 Å². The number of halogens is 3. The second-order valence-electron chi connectivity index (χ2n) is 4.74. The Balaban J connectivity index is 1.92. The van der Waals surface area contributed by atoms with Gasteiger partial charge in [0.1, 0.15) is 17.5 Å². The lowest BCUT2D eigenvalue weighted by Crippen LogP contribution is -2.32. The van der Waals surface area contributed by atoms with E-state index in [9.17, 15) is 13.2 Å². The molecule has 0 saturated carbocycles. The molecule has 0 aliphatic heterocycles. The van der Waals surface area contributed by atoms with Crippen LogP contribution in [-0.4, -0.2) is 10.8 Å². The highest BCUT2D eigenvalue weighted by molar-refractivity contribution is 7.80. The fourth-order valence-electron chi connectivity index (χ4n) is 1.79. The molecule has 2 aromatic carbocycles. The van der Waals surface area contributed by atoms with E-state index in [2.05, 4.69) is 15.8 Å². The lowest BCUT2D eigenvalue weighted by Gasteiger charge is -2.08. The number of hydrogen-bond donors (Lipinski definition) is 2. The van der Waals surface area contributed by atoms with Crippen LogP contribution < -0.4 is 10.7 Å². The van der Waals surface area contributed by atoms with Gasteiger partial charge in [0, 0.05) is 12.1 Å². The molecule has 0 radical (unpaired) electrons. The Bertz CT molecular complexity index is 730. The lowest BCUT2D eigenvalue weighted by molar-refractivity contribution is 0.597. The van der Waals surface area contributed by atoms with Gasteiger partial charge in [0.05, 0.1) is 5.71 Å². The van der Waals surface area contributed by atoms with Gasteiger partial charge in [-0.1, -0.05) is 12.1 Å². The minimum Gasteiger partial charge on any atom is -0.357 e. The van der Waals surface area contributed by atoms with Crippen molar-refractivity contribution in [1.29, 1.82) is 0 Å². The summed E-state index contributed by atoms with van der Waals surface area (Å²) < 4.78 is 39.5. The van der Waals surface area contributed by atoms with Crippen LogP contribution in [0, 0.1) is 17.5 Å². The third kappa shape index (κ3) is 5.07. The SMILES string of the molecule is C/C(=N/NC(=S)NCc1ccc(F)cc1)c1cc(F)ccc1F. The monoisotopic (exact) mass is 337 g/mol. The van der Waals surface area contributed by atoms with Crippen molar-refractivity contribution in [3.63, 3.8) is 0 Å². The van der Waals surface area contributed by atoms with Gasteiger partial charge in [0.25, 0.3) is 0 Å². The zero-order chi connectivity index (χ0) is 16.8. The summed E-state index contributed by atoms with van der Waals surface area (Å²) in [4.78, 5) is 0. The maximum Gasteiger partial charge on any atom is 0.187 e. The molecule has 0 aliphatic rings. The smallest absolute Gasteiger partial charge is 0.187 e. The Hall–Kier alpha value is -2.41. The van der Waals surface area contributed by atoms with Crippen LogP contribution in [0.3, 0.4) is 0 Å². The van der Waals surface area contributed by atoms with Crippen molar-refractivity contribution in [2.24, 2.45) is 5.10 Å². The summed E-state index contributed by atoms with van der Waals surface area (Å²) in [5.41, 5.74) is 3.71. The zero-order valence-corrected chi connectivity index (χ0v) is 13.1. The summed E-state index contributed by atoms with van der Waals surface area (Å²) >= 11 is 5.03. The fraction of sp³-hybridized carbons (Fsp3) is 0.125. The van der Waals surface area contributed by atoms with E-state index in [1.54, 1.807) is 12.1 Å². The predicted octanol–water partition coefficient (Wildman–Crippen LogP) is 3.49. The summed E-state index contributed by atoms with van der Waals surface area (Å²) in [6.07, 6.45) is 0. The summed E-state index contributed by atoms with van der Waals surface area (Å²) in [7, 11) is 0. The fourth-order valence-corrected chi connectivity index (χ4v) is 1.91. The second kappa shape index (κ2) is 7.73. The van der Waals surface area contributed by atoms with Gasteiger partial charge in [-0.25, -0.2) is 13.2 Å². The van der Waals surface area contributed by atoms with E-state index in [-0.39, 0.29) is 22.2 Å². The minimum absolute atomic E-state index is 0.0545. The van der Waals surface area contributed by atoms with Crippen LogP contribution in [-0.2, 0) is 6.54 Å². The molecule has 0 aromatic heterocycles. The number of nitrogens with zero attached hydrogens (tertiary/aromatic N) is 1. The molecule has 2 N–H and O–H groups in total. The minimum atomic E-state index is -0.570. The van der Waals surface area contributed by atoms with Crippen molar-refractivity contribution in [2.45, 2.75) is 13.5 Å². The third-order valence-electron chi connectivity index (χ3n) is 3.01. The molecule has 0 heterocycles. The van der Waals surface area contributed by atoms with Crippen molar-refractivity contribution >= 4 is 23.0 Å². The van der Waals surface area contributed by atoms with E-state index in [4.69, 9.17) is 12.2 Å². The highest BCUT2D eigenvalue weighted by Crippen LogP contribution is 2.10. The van der Waals surface area contributed by atoms with E-state index in [1.807, 2.05) is 0 Å². The van der Waals surface area contributed by atoms with Crippen LogP contribution in [0.2, 0.25) is 0 Å². The molecule has 3 nitrogen and oxygen atoms in total. The normalized spacial score (nSPS) is 11.2. The molecule has 0 bridgehead atoms. The van der Waals surface area contributed by atoms with Crippen LogP contribution >= 0.6 is 12.2 Å². The summed E-state index contributed by atoms with van der Waals surface area (Å²) in [6.45, 7) is 1.92. The first-order valence-corrected chi connectivity index (χ1v) is 7.14. The predicted molar refractivity (Wildman–Crippen MR) is 87.5 cm³/mol. The topological polar surface area (TPSA) is 36.4 Å². The molecule has 0 saturated heterocycles. The van der Waals surface area contributed by atoms with Gasteiger partial charge in [-0.15, -0.1) is 0 Å². The van der Waals surface area contributed by atoms with Crippen molar-refractivity contribution in [3.05, 3.63) is 71.0 Å². The third-order valence-corrected chi connectivity index (χ3v) is 3.25. The number of nitrogens with one attached hydrogen (secondary N) is 2. The standard InChI is InChI=1S/C16H14F3N3S/c1-10(14-8-13(18)6-7-15(14)19)21-22-16(23)20-9-11-2-4-12(17)5-3-11/h2-8H,9H2,1H3,(H2,20,22,23)/b21-10-. The Labute approximate surface area is 137 Å². The highest BCUT2D eigenvalue weighted by atomic mass is 32.1. The van der Waals surface area contributed by atoms with Crippen LogP contribution in [0.1, 0.15) is 18.1 Å². The second-order valence-corrected chi connectivity index (χ2v) is 5.15. The van der Waals surface area contributed by atoms with Crippen molar-refractivity contribution in [2.75, 3.05) is 0 Å². The Morgan fingerprint density at radius 2 is 1.70 bits per heavy atom. The summed E-state index contributed by atoms with van der Waals surface area (Å²) in [6, 6.07) is 9.09. The van der Waals surface area contributed by atoms with Gasteiger partial charge in [-0.3, -0.25) is 5.43 Å². The quantitative estimate of drug-likeness (QED) is 0.509. The van der Waals surface area contributed by atoms with Crippen LogP contribution in [0.4, 0.5) is 13.2 Å². The number of hydrazone groups is 1. The van der Waals surface area contributed by atoms with E-state index < -0.39 is 11.6 Å². The van der Waals surface area contributed by atoms with Gasteiger partial charge in [0.15, 0.2) is 5.11 Å². The van der Waals surface area contributed by atoms with Gasteiger partial charge < -0.3 is 5.32 Å². The Kier molecular flexibility index (Phi) is 5.70. The molecular formula is C16H14F3N3S. The number of thiocarbonyl (C=S) groups is 1. The molecule has 23 heavy (non-hydrogen) atoms. The van der Waals surface area contributed by atoms with Crippen molar-refractivity contribution in [1.82, 2.24) is 10.7 Å². The first kappa shape index (κ1) is 17.0. The molecule has 2 aromatic rings. The lowest BCUT2D eigenvalue weighted by atomic mass is 10.1. The van der Waals surface area contributed by atoms with Gasteiger partial charge >= 0.3 is 0 Å². The van der Waals surface area contributed by atoms with Crippen molar-refractivity contribution < 1.29 is 13.2 Å². The van der Waals surface area contributed by atoms with E-state index in [0.717, 1.165) is 23.8 Å². The molecule has 0 spiro atoms. The molecule has 7 heteroatoms. The van der Waals surface area contributed by atoms with Crippen LogP contribution in [0.5, 0.6) is 0 Å². The molecule has 0 atom stereocenters. The van der Waals surface area contributed by atoms with E-state index >= 15 is 0 Å². The average Bonchev–Trinajstić information content (AvgIpc) is 2.54. The first-order chi connectivity index (χ1) is 11.0. The molecule has 120 valence electrons. The Morgan fingerprint density at radius 1 is 1.04 bits per heavy atom. The van der Waals surface area contributed by atoms with E-state index in [1.165, 1.54) is 19.1 Å². The molecule has 0 fully saturated rings. The zero-order valence-electron chi connectivity index (χ0n) is 12.2.